The first-order chi connectivity index (χ1) is 20.1. The van der Waals surface area contributed by atoms with Gasteiger partial charge in [0.25, 0.3) is 10.0 Å². The summed E-state index contributed by atoms with van der Waals surface area (Å²) in [5.74, 6) is -1.13. The van der Waals surface area contributed by atoms with Crippen LogP contribution >= 0.6 is 0 Å². The molecule has 0 saturated heterocycles. The highest BCUT2D eigenvalue weighted by Gasteiger charge is 2.29. The maximum atomic E-state index is 15.4. The van der Waals surface area contributed by atoms with E-state index in [1.165, 1.54) is 24.4 Å². The number of anilines is 1. The molecule has 0 bridgehead atoms. The van der Waals surface area contributed by atoms with Crippen molar-refractivity contribution < 1.29 is 17.2 Å². The fourth-order valence-electron chi connectivity index (χ4n) is 6.03. The maximum Gasteiger partial charge on any atom is 0.268 e. The van der Waals surface area contributed by atoms with E-state index >= 15 is 8.78 Å². The molecular formula is C32H33F2N5O2S. The third-order valence-corrected chi connectivity index (χ3v) is 9.84. The molecule has 218 valence electrons. The molecule has 0 amide bonds. The van der Waals surface area contributed by atoms with Gasteiger partial charge in [0.2, 0.25) is 0 Å². The van der Waals surface area contributed by atoms with E-state index in [4.69, 9.17) is 0 Å². The van der Waals surface area contributed by atoms with Crippen LogP contribution in [-0.4, -0.2) is 45.4 Å². The molecule has 7 nitrogen and oxygen atoms in total. The molecular weight excluding hydrogens is 556 g/mol. The number of nitrogens with one attached hydrogen (secondary N) is 1. The molecule has 2 aromatic carbocycles. The summed E-state index contributed by atoms with van der Waals surface area (Å²) in [4.78, 5) is 11.1. The number of rotatable bonds is 6. The molecule has 1 unspecified atom stereocenters. The highest BCUT2D eigenvalue weighted by Crippen LogP contribution is 2.35. The zero-order valence-corrected chi connectivity index (χ0v) is 24.6. The minimum absolute atomic E-state index is 0.00421. The van der Waals surface area contributed by atoms with E-state index in [-0.39, 0.29) is 28.1 Å². The number of benzene rings is 2. The van der Waals surface area contributed by atoms with Gasteiger partial charge in [-0.3, -0.25) is 0 Å². The normalized spacial score (nSPS) is 20.8. The Hall–Kier alpha value is -4.05. The van der Waals surface area contributed by atoms with Crippen molar-refractivity contribution in [2.75, 3.05) is 5.32 Å². The van der Waals surface area contributed by atoms with Gasteiger partial charge < -0.3 is 10.2 Å². The van der Waals surface area contributed by atoms with Gasteiger partial charge >= 0.3 is 0 Å². The van der Waals surface area contributed by atoms with Crippen molar-refractivity contribution in [3.63, 3.8) is 0 Å². The minimum Gasteiger partial charge on any atom is -0.368 e. The number of aromatic nitrogens is 3. The second-order valence-corrected chi connectivity index (χ2v) is 13.1. The number of nitrogens with zero attached hydrogens (tertiary/aromatic N) is 4. The Bertz CT molecular complexity index is 1810. The van der Waals surface area contributed by atoms with Crippen LogP contribution in [-0.2, 0) is 10.0 Å². The van der Waals surface area contributed by atoms with Gasteiger partial charge in [-0.15, -0.1) is 0 Å². The van der Waals surface area contributed by atoms with Crippen LogP contribution in [0.2, 0.25) is 0 Å². The summed E-state index contributed by atoms with van der Waals surface area (Å²) in [5.41, 5.74) is 1.70. The number of hydrogen-bond donors (Lipinski definition) is 1. The highest BCUT2D eigenvalue weighted by molar-refractivity contribution is 7.90. The van der Waals surface area contributed by atoms with Gasteiger partial charge in [0.05, 0.1) is 11.1 Å². The standard InChI is InChI=1S/C32H33F2N5O2S/c1-20-10-12-25(13-11-20)42(40,41)39-19-27(26-15-21(2)16-28(33)30(26)39)31-35-18-29(34)32(37-31)36-23-8-6-9-24(17-23)38-14-5-4-7-22(38)3/h4-5,7,10-16,18-19,22-24H,6,8-9,17H2,1-3H3,(H,35,36,37)/t22?,23-,24+/m1/s1. The molecule has 1 N–H and O–H groups in total. The molecule has 1 aliphatic carbocycles. The lowest BCUT2D eigenvalue weighted by molar-refractivity contribution is 0.185. The Morgan fingerprint density at radius 2 is 1.79 bits per heavy atom. The van der Waals surface area contributed by atoms with Crippen LogP contribution in [0.15, 0.2) is 78.1 Å². The Kier molecular flexibility index (Phi) is 7.34. The maximum absolute atomic E-state index is 15.4. The van der Waals surface area contributed by atoms with Crippen molar-refractivity contribution in [2.45, 2.75) is 69.5 Å². The van der Waals surface area contributed by atoms with Crippen molar-refractivity contribution in [2.24, 2.45) is 0 Å². The van der Waals surface area contributed by atoms with E-state index in [2.05, 4.69) is 39.4 Å². The molecule has 2 aliphatic rings. The predicted octanol–water partition coefficient (Wildman–Crippen LogP) is 6.73. The van der Waals surface area contributed by atoms with E-state index in [1.807, 2.05) is 19.1 Å². The van der Waals surface area contributed by atoms with E-state index < -0.39 is 21.7 Å². The van der Waals surface area contributed by atoms with Crippen molar-refractivity contribution in [1.82, 2.24) is 18.8 Å². The average molecular weight is 590 g/mol. The summed E-state index contributed by atoms with van der Waals surface area (Å²) in [5, 5.41) is 3.62. The lowest BCUT2D eigenvalue weighted by atomic mass is 9.89. The molecule has 3 atom stereocenters. The first-order valence-corrected chi connectivity index (χ1v) is 15.6. The molecule has 3 heterocycles. The van der Waals surface area contributed by atoms with Crippen LogP contribution in [0.25, 0.3) is 22.3 Å². The van der Waals surface area contributed by atoms with Crippen LogP contribution in [0.3, 0.4) is 0 Å². The van der Waals surface area contributed by atoms with Crippen LogP contribution in [0, 0.1) is 25.5 Å². The Morgan fingerprint density at radius 3 is 2.55 bits per heavy atom. The number of aryl methyl sites for hydroxylation is 2. The van der Waals surface area contributed by atoms with Crippen molar-refractivity contribution in [1.29, 1.82) is 0 Å². The highest BCUT2D eigenvalue weighted by atomic mass is 32.2. The fourth-order valence-corrected chi connectivity index (χ4v) is 7.40. The van der Waals surface area contributed by atoms with E-state index in [0.29, 0.717) is 28.6 Å². The van der Waals surface area contributed by atoms with Gasteiger partial charge in [-0.1, -0.05) is 29.8 Å². The molecule has 2 aromatic heterocycles. The fraction of sp³-hybridized carbons (Fsp3) is 0.312. The van der Waals surface area contributed by atoms with Gasteiger partial charge in [-0.25, -0.2) is 31.1 Å². The molecule has 1 saturated carbocycles. The van der Waals surface area contributed by atoms with Crippen molar-refractivity contribution in [3.8, 4) is 11.4 Å². The van der Waals surface area contributed by atoms with Gasteiger partial charge in [0.1, 0.15) is 11.3 Å². The third-order valence-electron chi connectivity index (χ3n) is 8.17. The van der Waals surface area contributed by atoms with E-state index in [0.717, 1.165) is 41.4 Å². The van der Waals surface area contributed by atoms with E-state index in [1.54, 1.807) is 25.1 Å². The summed E-state index contributed by atoms with van der Waals surface area (Å²) in [6.07, 6.45) is 14.5. The zero-order valence-electron chi connectivity index (χ0n) is 23.8. The quantitative estimate of drug-likeness (QED) is 0.269. The summed E-state index contributed by atoms with van der Waals surface area (Å²) < 4.78 is 58.8. The van der Waals surface area contributed by atoms with Crippen LogP contribution in [0.1, 0.15) is 43.7 Å². The molecule has 4 aromatic rings. The molecule has 0 spiro atoms. The lowest BCUT2D eigenvalue weighted by Crippen LogP contribution is -2.43. The first kappa shape index (κ1) is 28.1. The second kappa shape index (κ2) is 11.0. The van der Waals surface area contributed by atoms with Crippen LogP contribution in [0.4, 0.5) is 14.6 Å². The van der Waals surface area contributed by atoms with Crippen molar-refractivity contribution >= 4 is 26.7 Å². The number of halogens is 2. The lowest BCUT2D eigenvalue weighted by Gasteiger charge is -2.40. The Morgan fingerprint density at radius 1 is 1.00 bits per heavy atom. The number of hydrogen-bond acceptors (Lipinski definition) is 6. The zero-order chi connectivity index (χ0) is 29.6. The summed E-state index contributed by atoms with van der Waals surface area (Å²) in [6, 6.07) is 9.95. The van der Waals surface area contributed by atoms with Crippen LogP contribution in [0.5, 0.6) is 0 Å². The number of fused-ring (bicyclic) bond motifs is 1. The largest absolute Gasteiger partial charge is 0.368 e. The van der Waals surface area contributed by atoms with Gasteiger partial charge in [0, 0.05) is 35.3 Å². The first-order valence-electron chi connectivity index (χ1n) is 14.2. The Labute approximate surface area is 244 Å². The Balaban J connectivity index is 1.37. The molecule has 42 heavy (non-hydrogen) atoms. The third kappa shape index (κ3) is 5.19. The van der Waals surface area contributed by atoms with Gasteiger partial charge in [-0.05, 0) is 88.6 Å². The van der Waals surface area contributed by atoms with Crippen LogP contribution < -0.4 is 5.32 Å². The number of allylic oxidation sites excluding steroid dienone is 2. The average Bonchev–Trinajstić information content (AvgIpc) is 3.35. The van der Waals surface area contributed by atoms with Gasteiger partial charge in [0.15, 0.2) is 17.5 Å². The summed E-state index contributed by atoms with van der Waals surface area (Å²) in [7, 11) is -4.15. The SMILES string of the molecule is Cc1ccc(S(=O)(=O)n2cc(-c3ncc(F)c(N[C@@H]4CCC[C@H](N5C=CC=CC5C)C4)n3)c3cc(C)cc(F)c32)cc1. The topological polar surface area (TPSA) is 80.1 Å². The molecule has 0 radical (unpaired) electrons. The smallest absolute Gasteiger partial charge is 0.268 e. The monoisotopic (exact) mass is 589 g/mol. The molecule has 1 fully saturated rings. The second-order valence-electron chi connectivity index (χ2n) is 11.3. The molecule has 6 rings (SSSR count). The molecule has 10 heteroatoms. The predicted molar refractivity (Wildman–Crippen MR) is 161 cm³/mol. The van der Waals surface area contributed by atoms with Gasteiger partial charge in [-0.2, -0.15) is 0 Å². The summed E-state index contributed by atoms with van der Waals surface area (Å²) in [6.45, 7) is 5.74. The van der Waals surface area contributed by atoms with Crippen molar-refractivity contribution in [3.05, 3.63) is 96.0 Å². The minimum atomic E-state index is -4.15. The van der Waals surface area contributed by atoms with E-state index in [9.17, 15) is 8.42 Å². The molecule has 1 aliphatic heterocycles. The summed E-state index contributed by atoms with van der Waals surface area (Å²) >= 11 is 0.